The van der Waals surface area contributed by atoms with Gasteiger partial charge in [0.15, 0.2) is 0 Å². The molecule has 0 spiro atoms. The van der Waals surface area contributed by atoms with Crippen LogP contribution in [0.2, 0.25) is 0 Å². The van der Waals surface area contributed by atoms with E-state index in [-0.39, 0.29) is 0 Å². The monoisotopic (exact) mass is 231 g/mol. The van der Waals surface area contributed by atoms with Gasteiger partial charge in [0, 0.05) is 19.0 Å². The van der Waals surface area contributed by atoms with Gasteiger partial charge in [-0.15, -0.1) is 0 Å². The number of likely N-dealkylation sites (tertiary alicyclic amines) is 1. The lowest BCUT2D eigenvalue weighted by Gasteiger charge is -2.24. The number of carbonyl (C=O) groups is 1. The van der Waals surface area contributed by atoms with Gasteiger partial charge in [-0.2, -0.15) is 0 Å². The molecule has 0 radical (unpaired) electrons. The SMILES string of the molecule is CC(=O)CC1CCCN1Cc1ccccc1C. The molecule has 1 saturated heterocycles. The number of benzene rings is 1. The molecule has 0 saturated carbocycles. The quantitative estimate of drug-likeness (QED) is 0.794. The van der Waals surface area contributed by atoms with Crippen molar-refractivity contribution in [2.45, 2.75) is 45.7 Å². The summed E-state index contributed by atoms with van der Waals surface area (Å²) < 4.78 is 0. The van der Waals surface area contributed by atoms with Crippen LogP contribution in [0, 0.1) is 6.92 Å². The molecule has 2 nitrogen and oxygen atoms in total. The number of rotatable bonds is 4. The number of carbonyl (C=O) groups excluding carboxylic acids is 1. The molecule has 1 heterocycles. The molecule has 1 aliphatic heterocycles. The van der Waals surface area contributed by atoms with Gasteiger partial charge in [0.05, 0.1) is 0 Å². The summed E-state index contributed by atoms with van der Waals surface area (Å²) in [6.07, 6.45) is 3.11. The smallest absolute Gasteiger partial charge is 0.131 e. The summed E-state index contributed by atoms with van der Waals surface area (Å²) in [4.78, 5) is 13.7. The van der Waals surface area contributed by atoms with Crippen LogP contribution in [0.4, 0.5) is 0 Å². The molecule has 1 aromatic rings. The van der Waals surface area contributed by atoms with Crippen molar-refractivity contribution in [3.05, 3.63) is 35.4 Å². The van der Waals surface area contributed by atoms with Crippen LogP contribution in [0.25, 0.3) is 0 Å². The Morgan fingerprint density at radius 3 is 2.88 bits per heavy atom. The number of nitrogens with zero attached hydrogens (tertiary/aromatic N) is 1. The van der Waals surface area contributed by atoms with E-state index >= 15 is 0 Å². The molecule has 92 valence electrons. The molecule has 0 aliphatic carbocycles. The molecule has 1 aromatic carbocycles. The van der Waals surface area contributed by atoms with Gasteiger partial charge in [0.2, 0.25) is 0 Å². The van der Waals surface area contributed by atoms with Crippen LogP contribution in [-0.4, -0.2) is 23.3 Å². The Kier molecular flexibility index (Phi) is 3.95. The highest BCUT2D eigenvalue weighted by Gasteiger charge is 2.25. The van der Waals surface area contributed by atoms with Crippen molar-refractivity contribution in [2.24, 2.45) is 0 Å². The molecule has 1 unspecified atom stereocenters. The zero-order valence-corrected chi connectivity index (χ0v) is 10.8. The number of ketones is 1. The van der Waals surface area contributed by atoms with Crippen LogP contribution in [0.5, 0.6) is 0 Å². The second kappa shape index (κ2) is 5.46. The van der Waals surface area contributed by atoms with E-state index in [1.165, 1.54) is 24.0 Å². The van der Waals surface area contributed by atoms with E-state index in [1.54, 1.807) is 6.92 Å². The normalized spacial score (nSPS) is 20.7. The van der Waals surface area contributed by atoms with Crippen molar-refractivity contribution in [3.63, 3.8) is 0 Å². The lowest BCUT2D eigenvalue weighted by Crippen LogP contribution is -2.30. The van der Waals surface area contributed by atoms with Gasteiger partial charge in [0.25, 0.3) is 0 Å². The summed E-state index contributed by atoms with van der Waals surface area (Å²) in [5, 5.41) is 0. The Labute approximate surface area is 104 Å². The zero-order valence-electron chi connectivity index (χ0n) is 10.8. The summed E-state index contributed by atoms with van der Waals surface area (Å²) >= 11 is 0. The summed E-state index contributed by atoms with van der Waals surface area (Å²) in [5.74, 6) is 0.312. The second-order valence-corrected chi connectivity index (χ2v) is 5.10. The van der Waals surface area contributed by atoms with Gasteiger partial charge in [0.1, 0.15) is 5.78 Å². The van der Waals surface area contributed by atoms with Crippen LogP contribution in [0.1, 0.15) is 37.3 Å². The first kappa shape index (κ1) is 12.3. The first-order valence-corrected chi connectivity index (χ1v) is 6.45. The molecule has 1 aliphatic rings. The first-order valence-electron chi connectivity index (χ1n) is 6.45. The minimum absolute atomic E-state index is 0.312. The van der Waals surface area contributed by atoms with Gasteiger partial charge in [-0.1, -0.05) is 24.3 Å². The minimum atomic E-state index is 0.312. The Morgan fingerprint density at radius 2 is 2.18 bits per heavy atom. The van der Waals surface area contributed by atoms with Gasteiger partial charge < -0.3 is 0 Å². The van der Waals surface area contributed by atoms with Gasteiger partial charge in [-0.05, 0) is 44.4 Å². The average Bonchev–Trinajstić information content (AvgIpc) is 2.68. The fraction of sp³-hybridized carbons (Fsp3) is 0.533. The van der Waals surface area contributed by atoms with Crippen LogP contribution < -0.4 is 0 Å². The van der Waals surface area contributed by atoms with Crippen molar-refractivity contribution in [2.75, 3.05) is 6.54 Å². The van der Waals surface area contributed by atoms with E-state index in [9.17, 15) is 4.79 Å². The predicted molar refractivity (Wildman–Crippen MR) is 69.9 cm³/mol. The molecule has 2 rings (SSSR count). The standard InChI is InChI=1S/C15H21NO/c1-12-6-3-4-7-14(12)11-16-9-5-8-15(16)10-13(2)17/h3-4,6-7,15H,5,8-11H2,1-2H3. The Morgan fingerprint density at radius 1 is 1.41 bits per heavy atom. The lowest BCUT2D eigenvalue weighted by atomic mass is 10.1. The third kappa shape index (κ3) is 3.16. The fourth-order valence-electron chi connectivity index (χ4n) is 2.67. The topological polar surface area (TPSA) is 20.3 Å². The van der Waals surface area contributed by atoms with Crippen LogP contribution >= 0.6 is 0 Å². The van der Waals surface area contributed by atoms with Gasteiger partial charge in [-0.3, -0.25) is 9.69 Å². The third-order valence-corrected chi connectivity index (χ3v) is 3.66. The largest absolute Gasteiger partial charge is 0.300 e. The molecule has 2 heteroatoms. The number of aryl methyl sites for hydroxylation is 1. The van der Waals surface area contributed by atoms with Crippen molar-refractivity contribution in [1.29, 1.82) is 0 Å². The van der Waals surface area contributed by atoms with Crippen LogP contribution in [0.15, 0.2) is 24.3 Å². The highest BCUT2D eigenvalue weighted by molar-refractivity contribution is 5.76. The first-order chi connectivity index (χ1) is 8.16. The molecule has 0 aromatic heterocycles. The van der Waals surface area contributed by atoms with Gasteiger partial charge >= 0.3 is 0 Å². The number of Topliss-reactive ketones (excluding diaryl/α,β-unsaturated/α-hetero) is 1. The molecular formula is C15H21NO. The third-order valence-electron chi connectivity index (χ3n) is 3.66. The highest BCUT2D eigenvalue weighted by atomic mass is 16.1. The van der Waals surface area contributed by atoms with E-state index < -0.39 is 0 Å². The zero-order chi connectivity index (χ0) is 12.3. The Hall–Kier alpha value is -1.15. The van der Waals surface area contributed by atoms with Crippen molar-refractivity contribution in [1.82, 2.24) is 4.90 Å². The molecule has 1 atom stereocenters. The van der Waals surface area contributed by atoms with Crippen molar-refractivity contribution in [3.8, 4) is 0 Å². The van der Waals surface area contributed by atoms with E-state index in [0.29, 0.717) is 18.2 Å². The predicted octanol–water partition coefficient (Wildman–Crippen LogP) is 2.94. The summed E-state index contributed by atoms with van der Waals surface area (Å²) in [6.45, 7) is 5.98. The molecule has 0 N–H and O–H groups in total. The number of hydrogen-bond donors (Lipinski definition) is 0. The molecular weight excluding hydrogens is 210 g/mol. The van der Waals surface area contributed by atoms with Gasteiger partial charge in [-0.25, -0.2) is 0 Å². The maximum Gasteiger partial charge on any atom is 0.131 e. The summed E-state index contributed by atoms with van der Waals surface area (Å²) in [6, 6.07) is 8.99. The van der Waals surface area contributed by atoms with E-state index in [2.05, 4.69) is 36.1 Å². The fourth-order valence-corrected chi connectivity index (χ4v) is 2.67. The molecule has 0 amide bonds. The summed E-state index contributed by atoms with van der Waals surface area (Å²) in [7, 11) is 0. The van der Waals surface area contributed by atoms with E-state index in [0.717, 1.165) is 13.1 Å². The van der Waals surface area contributed by atoms with E-state index in [1.807, 2.05) is 0 Å². The maximum atomic E-state index is 11.2. The van der Waals surface area contributed by atoms with Crippen molar-refractivity contribution >= 4 is 5.78 Å². The molecule has 17 heavy (non-hydrogen) atoms. The van der Waals surface area contributed by atoms with Crippen LogP contribution in [0.3, 0.4) is 0 Å². The average molecular weight is 231 g/mol. The minimum Gasteiger partial charge on any atom is -0.300 e. The molecule has 1 fully saturated rings. The van der Waals surface area contributed by atoms with Crippen molar-refractivity contribution < 1.29 is 4.79 Å². The lowest BCUT2D eigenvalue weighted by molar-refractivity contribution is -0.118. The highest BCUT2D eigenvalue weighted by Crippen LogP contribution is 2.23. The Balaban J connectivity index is 2.03. The second-order valence-electron chi connectivity index (χ2n) is 5.10. The Bertz CT molecular complexity index is 400. The number of hydrogen-bond acceptors (Lipinski definition) is 2. The molecule has 0 bridgehead atoms. The summed E-state index contributed by atoms with van der Waals surface area (Å²) in [5.41, 5.74) is 2.74. The maximum absolute atomic E-state index is 11.2. The van der Waals surface area contributed by atoms with E-state index in [4.69, 9.17) is 0 Å². The van der Waals surface area contributed by atoms with Crippen LogP contribution in [-0.2, 0) is 11.3 Å².